The van der Waals surface area contributed by atoms with Gasteiger partial charge in [0.25, 0.3) is 0 Å². The van der Waals surface area contributed by atoms with E-state index >= 15 is 0 Å². The van der Waals surface area contributed by atoms with Crippen molar-refractivity contribution in [2.45, 2.75) is 50.7 Å². The molecular weight excluding hydrogens is 219 g/mol. The molecule has 1 N–H and O–H groups in total. The third kappa shape index (κ3) is 1.83. The number of hydrogen-bond donors (Lipinski definition) is 1. The van der Waals surface area contributed by atoms with E-state index in [9.17, 15) is 18.0 Å². The van der Waals surface area contributed by atoms with Crippen LogP contribution in [0.15, 0.2) is 11.1 Å². The Kier molecular flexibility index (Phi) is 2.51. The predicted octanol–water partition coefficient (Wildman–Crippen LogP) is 2.70. The average molecular weight is 233 g/mol. The van der Waals surface area contributed by atoms with Crippen molar-refractivity contribution in [1.29, 1.82) is 0 Å². The lowest BCUT2D eigenvalue weighted by molar-refractivity contribution is -0.124. The Morgan fingerprint density at radius 3 is 2.44 bits per heavy atom. The van der Waals surface area contributed by atoms with Gasteiger partial charge in [0.1, 0.15) is 0 Å². The van der Waals surface area contributed by atoms with Crippen molar-refractivity contribution in [3.05, 3.63) is 11.1 Å². The van der Waals surface area contributed by atoms with E-state index in [1.54, 1.807) is 6.92 Å². The van der Waals surface area contributed by atoms with Gasteiger partial charge in [-0.2, -0.15) is 13.2 Å². The first-order valence-electron chi connectivity index (χ1n) is 5.45. The SMILES string of the molecule is CCC(=O)NC12CCC(C(F)(F)F)=C(C1)C2. The zero-order chi connectivity index (χ0) is 12.0. The molecule has 1 saturated carbocycles. The molecule has 16 heavy (non-hydrogen) atoms. The molecule has 0 aromatic rings. The van der Waals surface area contributed by atoms with Crippen LogP contribution in [0.5, 0.6) is 0 Å². The van der Waals surface area contributed by atoms with Crippen LogP contribution in [-0.2, 0) is 4.79 Å². The summed E-state index contributed by atoms with van der Waals surface area (Å²) in [4.78, 5) is 11.2. The zero-order valence-electron chi connectivity index (χ0n) is 9.08. The van der Waals surface area contributed by atoms with E-state index in [2.05, 4.69) is 5.32 Å². The molecule has 0 spiro atoms. The molecule has 2 bridgehead atoms. The van der Waals surface area contributed by atoms with Gasteiger partial charge in [-0.15, -0.1) is 0 Å². The summed E-state index contributed by atoms with van der Waals surface area (Å²) in [6, 6.07) is 0. The van der Waals surface area contributed by atoms with E-state index in [1.165, 1.54) is 0 Å². The van der Waals surface area contributed by atoms with Crippen LogP contribution in [0.1, 0.15) is 39.0 Å². The second-order valence-corrected chi connectivity index (χ2v) is 4.62. The maximum Gasteiger partial charge on any atom is 0.412 e. The van der Waals surface area contributed by atoms with Crippen LogP contribution in [0.2, 0.25) is 0 Å². The monoisotopic (exact) mass is 233 g/mol. The number of carbonyl (C=O) groups is 1. The Bertz CT molecular complexity index is 349. The van der Waals surface area contributed by atoms with Gasteiger partial charge in [-0.25, -0.2) is 0 Å². The van der Waals surface area contributed by atoms with Crippen molar-refractivity contribution in [1.82, 2.24) is 5.32 Å². The molecule has 0 atom stereocenters. The highest BCUT2D eigenvalue weighted by Crippen LogP contribution is 2.52. The van der Waals surface area contributed by atoms with Crippen LogP contribution in [0.3, 0.4) is 0 Å². The molecule has 0 radical (unpaired) electrons. The second-order valence-electron chi connectivity index (χ2n) is 4.62. The average Bonchev–Trinajstić information content (AvgIpc) is 2.14. The van der Waals surface area contributed by atoms with Gasteiger partial charge in [-0.05, 0) is 25.7 Å². The van der Waals surface area contributed by atoms with Crippen LogP contribution in [0, 0.1) is 0 Å². The summed E-state index contributed by atoms with van der Waals surface area (Å²) in [7, 11) is 0. The lowest BCUT2D eigenvalue weighted by Gasteiger charge is -2.50. The summed E-state index contributed by atoms with van der Waals surface area (Å²) in [5, 5.41) is 2.84. The van der Waals surface area contributed by atoms with E-state index in [0.717, 1.165) is 0 Å². The van der Waals surface area contributed by atoms with Crippen LogP contribution < -0.4 is 5.32 Å². The topological polar surface area (TPSA) is 29.1 Å². The van der Waals surface area contributed by atoms with Gasteiger partial charge in [-0.1, -0.05) is 12.5 Å². The lowest BCUT2D eigenvalue weighted by atomic mass is 9.62. The maximum atomic E-state index is 12.5. The van der Waals surface area contributed by atoms with Crippen LogP contribution in [0.25, 0.3) is 0 Å². The van der Waals surface area contributed by atoms with Crippen molar-refractivity contribution in [2.75, 3.05) is 0 Å². The van der Waals surface area contributed by atoms with Crippen molar-refractivity contribution in [3.63, 3.8) is 0 Å². The Balaban J connectivity index is 2.07. The molecule has 0 saturated heterocycles. The summed E-state index contributed by atoms with van der Waals surface area (Å²) in [5.74, 6) is -0.0745. The van der Waals surface area contributed by atoms with Gasteiger partial charge >= 0.3 is 6.18 Å². The van der Waals surface area contributed by atoms with Crippen LogP contribution >= 0.6 is 0 Å². The van der Waals surface area contributed by atoms with Crippen molar-refractivity contribution in [2.24, 2.45) is 0 Å². The third-order valence-corrected chi connectivity index (χ3v) is 3.45. The minimum absolute atomic E-state index is 0.0445. The Hall–Kier alpha value is -1.00. The van der Waals surface area contributed by atoms with Crippen molar-refractivity contribution < 1.29 is 18.0 Å². The molecule has 3 rings (SSSR count). The first-order chi connectivity index (χ1) is 7.36. The standard InChI is InChI=1S/C11H14F3NO/c1-2-9(16)15-10-4-3-8(11(12,13)14)7(5-10)6-10/h2-6H2,1H3,(H,15,16). The largest absolute Gasteiger partial charge is 0.412 e. The molecular formula is C11H14F3NO. The fourth-order valence-electron chi connectivity index (χ4n) is 2.57. The van der Waals surface area contributed by atoms with E-state index in [4.69, 9.17) is 0 Å². The molecule has 1 amide bonds. The second kappa shape index (κ2) is 3.50. The molecule has 0 unspecified atom stereocenters. The molecule has 0 heterocycles. The van der Waals surface area contributed by atoms with Gasteiger partial charge < -0.3 is 5.32 Å². The number of halogens is 3. The number of fused-ring (bicyclic) bond motifs is 2. The van der Waals surface area contributed by atoms with E-state index in [1.807, 2.05) is 0 Å². The highest BCUT2D eigenvalue weighted by atomic mass is 19.4. The van der Waals surface area contributed by atoms with Gasteiger partial charge in [0, 0.05) is 17.5 Å². The maximum absolute atomic E-state index is 12.5. The molecule has 0 aromatic carbocycles. The zero-order valence-corrected chi connectivity index (χ0v) is 9.08. The fraction of sp³-hybridized carbons (Fsp3) is 0.727. The Morgan fingerprint density at radius 2 is 2.06 bits per heavy atom. The third-order valence-electron chi connectivity index (χ3n) is 3.45. The summed E-state index contributed by atoms with van der Waals surface area (Å²) in [6.07, 6.45) is -2.58. The minimum Gasteiger partial charge on any atom is -0.350 e. The molecule has 3 aliphatic carbocycles. The molecule has 0 aliphatic heterocycles. The molecule has 2 nitrogen and oxygen atoms in total. The first kappa shape index (κ1) is 11.5. The number of allylic oxidation sites excluding steroid dienone is 1. The first-order valence-corrected chi connectivity index (χ1v) is 5.45. The number of amides is 1. The van der Waals surface area contributed by atoms with Gasteiger partial charge in [-0.3, -0.25) is 4.79 Å². The Morgan fingerprint density at radius 1 is 1.44 bits per heavy atom. The smallest absolute Gasteiger partial charge is 0.350 e. The quantitative estimate of drug-likeness (QED) is 0.730. The van der Waals surface area contributed by atoms with Gasteiger partial charge in [0.15, 0.2) is 0 Å². The number of hydrogen-bond acceptors (Lipinski definition) is 1. The van der Waals surface area contributed by atoms with Crippen LogP contribution in [0.4, 0.5) is 13.2 Å². The van der Waals surface area contributed by atoms with Crippen molar-refractivity contribution in [3.8, 4) is 0 Å². The van der Waals surface area contributed by atoms with Crippen molar-refractivity contribution >= 4 is 5.91 Å². The molecule has 1 fully saturated rings. The van der Waals surface area contributed by atoms with E-state index < -0.39 is 6.18 Å². The van der Waals surface area contributed by atoms with Gasteiger partial charge in [0.05, 0.1) is 0 Å². The van der Waals surface area contributed by atoms with E-state index in [-0.39, 0.29) is 23.4 Å². The number of rotatable bonds is 2. The molecule has 5 heteroatoms. The Labute approximate surface area is 91.9 Å². The molecule has 3 aliphatic rings. The molecule has 0 aromatic heterocycles. The lowest BCUT2D eigenvalue weighted by Crippen LogP contribution is -2.57. The number of alkyl halides is 3. The number of carbonyl (C=O) groups excluding carboxylic acids is 1. The number of nitrogens with one attached hydrogen (secondary N) is 1. The van der Waals surface area contributed by atoms with E-state index in [0.29, 0.717) is 31.3 Å². The summed E-state index contributed by atoms with van der Waals surface area (Å²) in [6.45, 7) is 1.74. The summed E-state index contributed by atoms with van der Waals surface area (Å²) in [5.41, 5.74) is -0.243. The fourth-order valence-corrected chi connectivity index (χ4v) is 2.57. The summed E-state index contributed by atoms with van der Waals surface area (Å²) < 4.78 is 37.6. The minimum atomic E-state index is -4.18. The highest BCUT2D eigenvalue weighted by molar-refractivity contribution is 5.77. The predicted molar refractivity (Wildman–Crippen MR) is 52.7 cm³/mol. The van der Waals surface area contributed by atoms with Gasteiger partial charge in [0.2, 0.25) is 5.91 Å². The normalized spacial score (nSPS) is 22.8. The van der Waals surface area contributed by atoms with Crippen LogP contribution in [-0.4, -0.2) is 17.6 Å². The summed E-state index contributed by atoms with van der Waals surface area (Å²) >= 11 is 0. The highest BCUT2D eigenvalue weighted by Gasteiger charge is 2.51. The molecule has 90 valence electrons.